The number of nitrogens with zero attached hydrogens (tertiary/aromatic N) is 2. The van der Waals surface area contributed by atoms with E-state index in [2.05, 4.69) is 9.97 Å². The summed E-state index contributed by atoms with van der Waals surface area (Å²) in [5.41, 5.74) is 1.50. The summed E-state index contributed by atoms with van der Waals surface area (Å²) in [6.45, 7) is 2.03. The van der Waals surface area contributed by atoms with Gasteiger partial charge in [-0.15, -0.1) is 0 Å². The Kier molecular flexibility index (Phi) is 3.72. The predicted molar refractivity (Wildman–Crippen MR) is 64.1 cm³/mol. The van der Waals surface area contributed by atoms with Crippen LogP contribution in [0.5, 0.6) is 11.5 Å². The van der Waals surface area contributed by atoms with Gasteiger partial charge in [-0.05, 0) is 19.1 Å². The lowest BCUT2D eigenvalue weighted by atomic mass is 10.3. The Morgan fingerprint density at radius 2 is 2.17 bits per heavy atom. The first kappa shape index (κ1) is 12.3. The minimum absolute atomic E-state index is 0.111. The Morgan fingerprint density at radius 1 is 1.33 bits per heavy atom. The van der Waals surface area contributed by atoms with Gasteiger partial charge in [0, 0.05) is 24.0 Å². The van der Waals surface area contributed by atoms with E-state index in [1.54, 1.807) is 19.2 Å². The van der Waals surface area contributed by atoms with Crippen LogP contribution in [0.4, 0.5) is 4.39 Å². The van der Waals surface area contributed by atoms with Crippen molar-refractivity contribution in [1.82, 2.24) is 9.97 Å². The van der Waals surface area contributed by atoms with Crippen LogP contribution in [-0.2, 0) is 6.61 Å². The number of rotatable bonds is 4. The first-order valence-electron chi connectivity index (χ1n) is 5.44. The second-order valence-electron chi connectivity index (χ2n) is 3.72. The highest BCUT2D eigenvalue weighted by molar-refractivity contribution is 5.27. The molecule has 0 aromatic carbocycles. The molecule has 0 amide bonds. The Hall–Kier alpha value is -2.17. The smallest absolute Gasteiger partial charge is 0.255 e. The Bertz CT molecular complexity index is 546. The van der Waals surface area contributed by atoms with E-state index < -0.39 is 5.95 Å². The normalized spacial score (nSPS) is 10.2. The van der Waals surface area contributed by atoms with Crippen molar-refractivity contribution >= 4 is 0 Å². The molecule has 2 heterocycles. The number of pyridine rings is 2. The zero-order valence-corrected chi connectivity index (χ0v) is 10.2. The molecule has 2 aromatic rings. The van der Waals surface area contributed by atoms with E-state index in [0.717, 1.165) is 5.69 Å². The van der Waals surface area contributed by atoms with Crippen molar-refractivity contribution in [3.8, 4) is 11.5 Å². The van der Waals surface area contributed by atoms with Crippen molar-refractivity contribution in [1.29, 1.82) is 0 Å². The third kappa shape index (κ3) is 2.94. The number of aryl methyl sites for hydroxylation is 1. The van der Waals surface area contributed by atoms with Gasteiger partial charge in [0.25, 0.3) is 5.95 Å². The van der Waals surface area contributed by atoms with Gasteiger partial charge < -0.3 is 9.47 Å². The summed E-state index contributed by atoms with van der Waals surface area (Å²) in [6.07, 6.45) is 1.37. The predicted octanol–water partition coefficient (Wildman–Crippen LogP) is 2.51. The standard InChI is InChI=1S/C13H13FN2O2/c1-9-6-11(17-2)7-10(16-9)8-18-12-4-3-5-15-13(12)14/h3-7H,8H2,1-2H3. The fraction of sp³-hybridized carbons (Fsp3) is 0.231. The highest BCUT2D eigenvalue weighted by Crippen LogP contribution is 2.17. The topological polar surface area (TPSA) is 44.2 Å². The van der Waals surface area contributed by atoms with E-state index in [1.165, 1.54) is 12.3 Å². The molecule has 18 heavy (non-hydrogen) atoms. The van der Waals surface area contributed by atoms with Crippen molar-refractivity contribution in [3.63, 3.8) is 0 Å². The molecule has 0 saturated carbocycles. The molecular formula is C13H13FN2O2. The Labute approximate surface area is 104 Å². The molecule has 5 heteroatoms. The lowest BCUT2D eigenvalue weighted by Crippen LogP contribution is -2.02. The lowest BCUT2D eigenvalue weighted by molar-refractivity contribution is 0.280. The molecule has 0 aliphatic rings. The maximum absolute atomic E-state index is 13.2. The Balaban J connectivity index is 2.11. The third-order valence-corrected chi connectivity index (χ3v) is 2.32. The second-order valence-corrected chi connectivity index (χ2v) is 3.72. The maximum atomic E-state index is 13.2. The molecule has 0 aliphatic heterocycles. The number of methoxy groups -OCH3 is 1. The van der Waals surface area contributed by atoms with Gasteiger partial charge in [-0.2, -0.15) is 4.39 Å². The van der Waals surface area contributed by atoms with E-state index in [9.17, 15) is 4.39 Å². The molecule has 0 atom stereocenters. The highest BCUT2D eigenvalue weighted by Gasteiger charge is 2.05. The molecule has 0 unspecified atom stereocenters. The van der Waals surface area contributed by atoms with Crippen molar-refractivity contribution in [2.75, 3.05) is 7.11 Å². The van der Waals surface area contributed by atoms with Crippen LogP contribution in [-0.4, -0.2) is 17.1 Å². The van der Waals surface area contributed by atoms with Gasteiger partial charge in [-0.1, -0.05) is 0 Å². The van der Waals surface area contributed by atoms with E-state index >= 15 is 0 Å². The first-order chi connectivity index (χ1) is 8.69. The SMILES string of the molecule is COc1cc(C)nc(COc2cccnc2F)c1. The Morgan fingerprint density at radius 3 is 2.89 bits per heavy atom. The summed E-state index contributed by atoms with van der Waals surface area (Å²) < 4.78 is 23.7. The molecule has 0 bridgehead atoms. The molecule has 0 fully saturated rings. The minimum atomic E-state index is -0.628. The molecule has 0 spiro atoms. The number of aromatic nitrogens is 2. The average Bonchev–Trinajstić information content (AvgIpc) is 2.37. The van der Waals surface area contributed by atoms with Crippen LogP contribution in [0.25, 0.3) is 0 Å². The van der Waals surface area contributed by atoms with Crippen LogP contribution in [0.15, 0.2) is 30.5 Å². The summed E-state index contributed by atoms with van der Waals surface area (Å²) in [4.78, 5) is 7.78. The van der Waals surface area contributed by atoms with Crippen molar-refractivity contribution in [2.24, 2.45) is 0 Å². The minimum Gasteiger partial charge on any atom is -0.497 e. The van der Waals surface area contributed by atoms with Crippen LogP contribution >= 0.6 is 0 Å². The van der Waals surface area contributed by atoms with Crippen molar-refractivity contribution in [3.05, 3.63) is 47.8 Å². The number of halogens is 1. The van der Waals surface area contributed by atoms with Crippen molar-refractivity contribution < 1.29 is 13.9 Å². The number of hydrogen-bond donors (Lipinski definition) is 0. The zero-order chi connectivity index (χ0) is 13.0. The van der Waals surface area contributed by atoms with Crippen LogP contribution in [0.3, 0.4) is 0 Å². The highest BCUT2D eigenvalue weighted by atomic mass is 19.1. The van der Waals surface area contributed by atoms with Crippen LogP contribution < -0.4 is 9.47 Å². The number of ether oxygens (including phenoxy) is 2. The fourth-order valence-corrected chi connectivity index (χ4v) is 1.53. The van der Waals surface area contributed by atoms with Crippen LogP contribution in [0.2, 0.25) is 0 Å². The quantitative estimate of drug-likeness (QED) is 0.780. The molecule has 2 aromatic heterocycles. The summed E-state index contributed by atoms with van der Waals surface area (Å²) in [5.74, 6) is 0.185. The van der Waals surface area contributed by atoms with Gasteiger partial charge in [0.2, 0.25) is 0 Å². The van der Waals surface area contributed by atoms with E-state index in [4.69, 9.17) is 9.47 Å². The number of hydrogen-bond acceptors (Lipinski definition) is 4. The van der Waals surface area contributed by atoms with Gasteiger partial charge in [-0.25, -0.2) is 4.98 Å². The van der Waals surface area contributed by atoms with Crippen LogP contribution in [0, 0.1) is 12.9 Å². The molecular weight excluding hydrogens is 235 g/mol. The monoisotopic (exact) mass is 248 g/mol. The second kappa shape index (κ2) is 5.44. The van der Waals surface area contributed by atoms with Crippen LogP contribution in [0.1, 0.15) is 11.4 Å². The van der Waals surface area contributed by atoms with E-state index in [1.807, 2.05) is 13.0 Å². The molecule has 4 nitrogen and oxygen atoms in total. The average molecular weight is 248 g/mol. The molecule has 0 saturated heterocycles. The van der Waals surface area contributed by atoms with Gasteiger partial charge >= 0.3 is 0 Å². The third-order valence-electron chi connectivity index (χ3n) is 2.32. The molecule has 0 radical (unpaired) electrons. The summed E-state index contributed by atoms with van der Waals surface area (Å²) in [5, 5.41) is 0. The largest absolute Gasteiger partial charge is 0.497 e. The maximum Gasteiger partial charge on any atom is 0.255 e. The van der Waals surface area contributed by atoms with Gasteiger partial charge in [0.15, 0.2) is 5.75 Å². The molecule has 0 N–H and O–H groups in total. The van der Waals surface area contributed by atoms with Gasteiger partial charge in [-0.3, -0.25) is 4.98 Å². The van der Waals surface area contributed by atoms with Gasteiger partial charge in [0.1, 0.15) is 12.4 Å². The molecule has 94 valence electrons. The zero-order valence-electron chi connectivity index (χ0n) is 10.2. The lowest BCUT2D eigenvalue weighted by Gasteiger charge is -2.08. The summed E-state index contributed by atoms with van der Waals surface area (Å²) in [6, 6.07) is 6.70. The summed E-state index contributed by atoms with van der Waals surface area (Å²) in [7, 11) is 1.58. The molecule has 0 aliphatic carbocycles. The molecule has 2 rings (SSSR count). The summed E-state index contributed by atoms with van der Waals surface area (Å²) >= 11 is 0. The van der Waals surface area contributed by atoms with Gasteiger partial charge in [0.05, 0.1) is 12.8 Å². The van der Waals surface area contributed by atoms with E-state index in [-0.39, 0.29) is 12.4 Å². The van der Waals surface area contributed by atoms with E-state index in [0.29, 0.717) is 11.4 Å². The first-order valence-corrected chi connectivity index (χ1v) is 5.44. The van der Waals surface area contributed by atoms with Crippen molar-refractivity contribution in [2.45, 2.75) is 13.5 Å². The fourth-order valence-electron chi connectivity index (χ4n) is 1.53.